The van der Waals surface area contributed by atoms with E-state index in [0.717, 1.165) is 30.3 Å². The van der Waals surface area contributed by atoms with Gasteiger partial charge in [0.05, 0.1) is 17.6 Å². The Bertz CT molecular complexity index is 474. The molecule has 1 fully saturated rings. The minimum atomic E-state index is -0.208. The van der Waals surface area contributed by atoms with Crippen molar-refractivity contribution in [3.05, 3.63) is 17.6 Å². The van der Waals surface area contributed by atoms with Crippen LogP contribution in [0.2, 0.25) is 0 Å². The summed E-state index contributed by atoms with van der Waals surface area (Å²) in [6.07, 6.45) is 1.75. The molecule has 6 nitrogen and oxygen atoms in total. The summed E-state index contributed by atoms with van der Waals surface area (Å²) in [5, 5.41) is 3.26. The van der Waals surface area contributed by atoms with E-state index >= 15 is 0 Å². The molecule has 6 heteroatoms. The lowest BCUT2D eigenvalue weighted by molar-refractivity contribution is -0.130. The number of anilines is 1. The lowest BCUT2D eigenvalue weighted by atomic mass is 10.1. The first-order valence-electron chi connectivity index (χ1n) is 6.49. The van der Waals surface area contributed by atoms with Gasteiger partial charge in [-0.1, -0.05) is 0 Å². The van der Waals surface area contributed by atoms with Crippen LogP contribution >= 0.6 is 0 Å². The molecule has 2 heterocycles. The molecule has 104 valence electrons. The van der Waals surface area contributed by atoms with Gasteiger partial charge in [-0.05, 0) is 13.8 Å². The molecule has 1 amide bonds. The van der Waals surface area contributed by atoms with Crippen LogP contribution in [0.1, 0.15) is 11.4 Å². The van der Waals surface area contributed by atoms with Gasteiger partial charge in [-0.15, -0.1) is 0 Å². The molecule has 1 atom stereocenters. The van der Waals surface area contributed by atoms with E-state index in [1.807, 2.05) is 18.7 Å². The van der Waals surface area contributed by atoms with Crippen LogP contribution in [-0.2, 0) is 4.79 Å². The highest BCUT2D eigenvalue weighted by Gasteiger charge is 2.30. The average Bonchev–Trinajstić information content (AvgIpc) is 2.41. The van der Waals surface area contributed by atoms with Crippen LogP contribution in [0, 0.1) is 13.8 Å². The first-order chi connectivity index (χ1) is 9.00. The van der Waals surface area contributed by atoms with E-state index in [0.29, 0.717) is 6.54 Å². The highest BCUT2D eigenvalue weighted by atomic mass is 16.2. The summed E-state index contributed by atoms with van der Waals surface area (Å²) in [5.74, 6) is 0.872. The Morgan fingerprint density at radius 3 is 2.79 bits per heavy atom. The number of piperazine rings is 1. The molecule has 1 saturated heterocycles. The van der Waals surface area contributed by atoms with Crippen molar-refractivity contribution >= 4 is 11.7 Å². The van der Waals surface area contributed by atoms with Gasteiger partial charge in [-0.25, -0.2) is 4.98 Å². The van der Waals surface area contributed by atoms with Gasteiger partial charge in [-0.2, -0.15) is 0 Å². The molecule has 1 aromatic heterocycles. The Labute approximate surface area is 113 Å². The third kappa shape index (κ3) is 2.84. The van der Waals surface area contributed by atoms with Crippen molar-refractivity contribution in [1.82, 2.24) is 20.2 Å². The molecule has 0 aromatic carbocycles. The first kappa shape index (κ1) is 13.7. The van der Waals surface area contributed by atoms with E-state index in [-0.39, 0.29) is 11.9 Å². The number of amides is 1. The predicted octanol–water partition coefficient (Wildman–Crippen LogP) is -0.0402. The van der Waals surface area contributed by atoms with Crippen LogP contribution in [0.15, 0.2) is 6.20 Å². The Balaban J connectivity index is 2.28. The van der Waals surface area contributed by atoms with E-state index in [1.165, 1.54) is 0 Å². The van der Waals surface area contributed by atoms with E-state index in [2.05, 4.69) is 15.3 Å². The lowest BCUT2D eigenvalue weighted by Gasteiger charge is -2.37. The smallest absolute Gasteiger partial charge is 0.246 e. The summed E-state index contributed by atoms with van der Waals surface area (Å²) in [7, 11) is 3.56. The molecule has 0 radical (unpaired) electrons. The van der Waals surface area contributed by atoms with Gasteiger partial charge in [0.2, 0.25) is 5.91 Å². The molecule has 1 aliphatic heterocycles. The molecule has 0 aliphatic carbocycles. The maximum Gasteiger partial charge on any atom is 0.246 e. The maximum absolute atomic E-state index is 12.2. The zero-order valence-electron chi connectivity index (χ0n) is 12.0. The van der Waals surface area contributed by atoms with Gasteiger partial charge in [-0.3, -0.25) is 9.78 Å². The van der Waals surface area contributed by atoms with Gasteiger partial charge in [0, 0.05) is 33.7 Å². The van der Waals surface area contributed by atoms with Crippen molar-refractivity contribution in [1.29, 1.82) is 0 Å². The van der Waals surface area contributed by atoms with Crippen LogP contribution < -0.4 is 10.2 Å². The number of nitrogens with one attached hydrogen (secondary N) is 1. The number of rotatable bonds is 2. The van der Waals surface area contributed by atoms with Gasteiger partial charge in [0.1, 0.15) is 11.9 Å². The maximum atomic E-state index is 12.2. The monoisotopic (exact) mass is 263 g/mol. The van der Waals surface area contributed by atoms with Gasteiger partial charge in [0.25, 0.3) is 0 Å². The second-order valence-corrected chi connectivity index (χ2v) is 5.05. The van der Waals surface area contributed by atoms with Crippen molar-refractivity contribution in [2.75, 3.05) is 38.6 Å². The number of aromatic nitrogens is 2. The first-order valence-corrected chi connectivity index (χ1v) is 6.49. The number of likely N-dealkylation sites (N-methyl/N-ethyl adjacent to an activating group) is 1. The van der Waals surface area contributed by atoms with E-state index < -0.39 is 0 Å². The number of carbonyl (C=O) groups is 1. The van der Waals surface area contributed by atoms with Gasteiger partial charge >= 0.3 is 0 Å². The Hall–Kier alpha value is -1.69. The number of hydrogen-bond acceptors (Lipinski definition) is 5. The topological polar surface area (TPSA) is 61.4 Å². The summed E-state index contributed by atoms with van der Waals surface area (Å²) in [4.78, 5) is 24.8. The fraction of sp³-hybridized carbons (Fsp3) is 0.615. The number of nitrogens with zero attached hydrogens (tertiary/aromatic N) is 4. The number of aryl methyl sites for hydroxylation is 2. The molecule has 0 saturated carbocycles. The van der Waals surface area contributed by atoms with Gasteiger partial charge < -0.3 is 15.1 Å². The van der Waals surface area contributed by atoms with E-state index in [4.69, 9.17) is 0 Å². The molecule has 1 aromatic rings. The number of carbonyl (C=O) groups excluding carboxylic acids is 1. The van der Waals surface area contributed by atoms with Crippen molar-refractivity contribution in [2.24, 2.45) is 0 Å². The molecule has 1 aliphatic rings. The van der Waals surface area contributed by atoms with Crippen LogP contribution in [0.25, 0.3) is 0 Å². The standard InChI is InChI=1S/C13H21N5O/c1-9-10(2)16-12(8-15-9)18-6-5-14-7-11(18)13(19)17(3)4/h8,11,14H,5-7H2,1-4H3. The molecule has 2 rings (SSSR count). The molecule has 19 heavy (non-hydrogen) atoms. The van der Waals surface area contributed by atoms with Crippen molar-refractivity contribution < 1.29 is 4.79 Å². The largest absolute Gasteiger partial charge is 0.347 e. The second-order valence-electron chi connectivity index (χ2n) is 5.05. The van der Waals surface area contributed by atoms with Crippen LogP contribution in [0.4, 0.5) is 5.82 Å². The Morgan fingerprint density at radius 2 is 2.16 bits per heavy atom. The summed E-state index contributed by atoms with van der Waals surface area (Å²) >= 11 is 0. The SMILES string of the molecule is Cc1ncc(N2CCNCC2C(=O)N(C)C)nc1C. The minimum Gasteiger partial charge on any atom is -0.347 e. The third-order valence-electron chi connectivity index (χ3n) is 3.44. The molecular weight excluding hydrogens is 242 g/mol. The summed E-state index contributed by atoms with van der Waals surface area (Å²) in [5.41, 5.74) is 1.83. The third-order valence-corrected chi connectivity index (χ3v) is 3.44. The fourth-order valence-corrected chi connectivity index (χ4v) is 2.17. The quantitative estimate of drug-likeness (QED) is 0.811. The van der Waals surface area contributed by atoms with Crippen LogP contribution in [0.3, 0.4) is 0 Å². The van der Waals surface area contributed by atoms with E-state index in [1.54, 1.807) is 25.2 Å². The van der Waals surface area contributed by atoms with E-state index in [9.17, 15) is 4.79 Å². The lowest BCUT2D eigenvalue weighted by Crippen LogP contribution is -2.58. The molecule has 1 N–H and O–H groups in total. The van der Waals surface area contributed by atoms with Crippen LogP contribution in [-0.4, -0.2) is 60.5 Å². The molecule has 0 bridgehead atoms. The minimum absolute atomic E-state index is 0.0900. The number of hydrogen-bond donors (Lipinski definition) is 1. The second kappa shape index (κ2) is 5.52. The molecule has 1 unspecified atom stereocenters. The fourth-order valence-electron chi connectivity index (χ4n) is 2.17. The summed E-state index contributed by atoms with van der Waals surface area (Å²) in [6, 6.07) is -0.208. The summed E-state index contributed by atoms with van der Waals surface area (Å²) in [6.45, 7) is 6.14. The van der Waals surface area contributed by atoms with Gasteiger partial charge in [0.15, 0.2) is 0 Å². The zero-order valence-corrected chi connectivity index (χ0v) is 12.0. The highest BCUT2D eigenvalue weighted by Crippen LogP contribution is 2.17. The van der Waals surface area contributed by atoms with Crippen molar-refractivity contribution in [2.45, 2.75) is 19.9 Å². The molecule has 0 spiro atoms. The average molecular weight is 263 g/mol. The highest BCUT2D eigenvalue weighted by molar-refractivity contribution is 5.85. The zero-order chi connectivity index (χ0) is 14.0. The van der Waals surface area contributed by atoms with Crippen molar-refractivity contribution in [3.8, 4) is 0 Å². The van der Waals surface area contributed by atoms with Crippen LogP contribution in [0.5, 0.6) is 0 Å². The van der Waals surface area contributed by atoms with Crippen molar-refractivity contribution in [3.63, 3.8) is 0 Å². The Morgan fingerprint density at radius 1 is 1.42 bits per heavy atom. The summed E-state index contributed by atoms with van der Waals surface area (Å²) < 4.78 is 0. The molecular formula is C13H21N5O. The predicted molar refractivity (Wildman–Crippen MR) is 74.2 cm³/mol. The Kier molecular flexibility index (Phi) is 3.99. The normalized spacial score (nSPS) is 19.4.